The van der Waals surface area contributed by atoms with Crippen molar-refractivity contribution in [2.45, 2.75) is 52.2 Å². The van der Waals surface area contributed by atoms with E-state index in [1.54, 1.807) is 29.0 Å². The molecule has 2 aliphatic heterocycles. The summed E-state index contributed by atoms with van der Waals surface area (Å²) < 4.78 is 5.86. The average molecular weight is 471 g/mol. The van der Waals surface area contributed by atoms with Crippen molar-refractivity contribution in [3.63, 3.8) is 0 Å². The second-order valence-electron chi connectivity index (χ2n) is 8.86. The van der Waals surface area contributed by atoms with Crippen molar-refractivity contribution in [1.29, 1.82) is 0 Å². The zero-order valence-electron chi connectivity index (χ0n) is 18.7. The highest BCUT2D eigenvalue weighted by Gasteiger charge is 2.32. The Bertz CT molecular complexity index is 1070. The summed E-state index contributed by atoms with van der Waals surface area (Å²) in [6, 6.07) is 4.18. The van der Waals surface area contributed by atoms with Gasteiger partial charge in [-0.2, -0.15) is 0 Å². The molecular weight excluding hydrogens is 440 g/mol. The van der Waals surface area contributed by atoms with E-state index in [1.165, 1.54) is 20.7 Å². The van der Waals surface area contributed by atoms with Crippen LogP contribution in [0.25, 0.3) is 10.2 Å². The van der Waals surface area contributed by atoms with Gasteiger partial charge >= 0.3 is 0 Å². The lowest BCUT2D eigenvalue weighted by molar-refractivity contribution is -0.138. The van der Waals surface area contributed by atoms with Gasteiger partial charge in [-0.25, -0.2) is 9.97 Å². The molecule has 2 fully saturated rings. The van der Waals surface area contributed by atoms with Crippen LogP contribution in [0.1, 0.15) is 41.0 Å². The van der Waals surface area contributed by atoms with E-state index in [1.807, 2.05) is 0 Å². The molecule has 8 heteroatoms. The third kappa shape index (κ3) is 4.40. The van der Waals surface area contributed by atoms with Gasteiger partial charge in [-0.05, 0) is 56.5 Å². The van der Waals surface area contributed by atoms with Crippen LogP contribution in [0.2, 0.25) is 0 Å². The number of piperidine rings is 1. The van der Waals surface area contributed by atoms with Crippen LogP contribution in [0, 0.1) is 19.8 Å². The third-order valence-corrected chi connectivity index (χ3v) is 8.75. The second-order valence-corrected chi connectivity index (χ2v) is 11.1. The van der Waals surface area contributed by atoms with Crippen molar-refractivity contribution in [3.8, 4) is 0 Å². The van der Waals surface area contributed by atoms with Gasteiger partial charge in [-0.1, -0.05) is 6.07 Å². The molecule has 0 aromatic carbocycles. The molecule has 0 aliphatic carbocycles. The number of rotatable bonds is 6. The first-order valence-electron chi connectivity index (χ1n) is 11.5. The van der Waals surface area contributed by atoms with Crippen LogP contribution in [-0.2, 0) is 16.1 Å². The minimum atomic E-state index is 0.0650. The number of ether oxygens (including phenoxy) is 1. The molecule has 3 aromatic heterocycles. The topological polar surface area (TPSA) is 58.6 Å². The summed E-state index contributed by atoms with van der Waals surface area (Å²) in [6.07, 6.45) is 5.72. The van der Waals surface area contributed by atoms with Crippen LogP contribution in [0.3, 0.4) is 0 Å². The molecule has 2 saturated heterocycles. The zero-order valence-corrected chi connectivity index (χ0v) is 20.4. The second kappa shape index (κ2) is 9.45. The Morgan fingerprint density at radius 1 is 1.25 bits per heavy atom. The highest BCUT2D eigenvalue weighted by Crippen LogP contribution is 2.36. The maximum atomic E-state index is 13.6. The van der Waals surface area contributed by atoms with Crippen molar-refractivity contribution in [1.82, 2.24) is 14.9 Å². The minimum absolute atomic E-state index is 0.0650. The van der Waals surface area contributed by atoms with Crippen LogP contribution in [0.4, 0.5) is 5.82 Å². The van der Waals surface area contributed by atoms with Crippen LogP contribution in [-0.4, -0.2) is 53.1 Å². The first-order valence-corrected chi connectivity index (χ1v) is 13.2. The van der Waals surface area contributed by atoms with E-state index in [4.69, 9.17) is 4.74 Å². The predicted octanol–water partition coefficient (Wildman–Crippen LogP) is 4.79. The van der Waals surface area contributed by atoms with Crippen LogP contribution < -0.4 is 4.90 Å². The van der Waals surface area contributed by atoms with Crippen molar-refractivity contribution in [3.05, 3.63) is 39.2 Å². The molecule has 1 unspecified atom stereocenters. The monoisotopic (exact) mass is 470 g/mol. The van der Waals surface area contributed by atoms with Crippen molar-refractivity contribution >= 4 is 44.6 Å². The molecule has 0 spiro atoms. The maximum Gasteiger partial charge on any atom is 0.226 e. The minimum Gasteiger partial charge on any atom is -0.376 e. The van der Waals surface area contributed by atoms with Crippen molar-refractivity contribution < 1.29 is 9.53 Å². The summed E-state index contributed by atoms with van der Waals surface area (Å²) in [5, 5.41) is 3.26. The molecule has 0 saturated carbocycles. The summed E-state index contributed by atoms with van der Waals surface area (Å²) in [7, 11) is 0. The standard InChI is InChI=1S/C24H30N4O2S2/c1-16-17(2)32-23-21(16)22(25-15-26-23)27-9-7-18(8-10-27)24(29)28(13-19-5-3-11-30-19)14-20-6-4-12-31-20/h4,6,12,15,18-19H,3,5,7-11,13-14H2,1-2H3. The number of carbonyl (C=O) groups is 1. The summed E-state index contributed by atoms with van der Waals surface area (Å²) in [5.74, 6) is 1.37. The lowest BCUT2D eigenvalue weighted by Gasteiger charge is -2.35. The number of carbonyl (C=O) groups excluding carboxylic acids is 1. The smallest absolute Gasteiger partial charge is 0.226 e. The number of thiophene rings is 2. The first-order chi connectivity index (χ1) is 15.6. The Labute approximate surface area is 197 Å². The van der Waals surface area contributed by atoms with Crippen LogP contribution in [0.5, 0.6) is 0 Å². The third-order valence-electron chi connectivity index (χ3n) is 6.78. The number of amides is 1. The van der Waals surface area contributed by atoms with Gasteiger partial charge in [0.15, 0.2) is 0 Å². The fraction of sp³-hybridized carbons (Fsp3) is 0.542. The van der Waals surface area contributed by atoms with Gasteiger partial charge in [0, 0.05) is 41.9 Å². The van der Waals surface area contributed by atoms with E-state index in [0.29, 0.717) is 13.1 Å². The Balaban J connectivity index is 1.28. The Hall–Kier alpha value is -2.03. The molecule has 32 heavy (non-hydrogen) atoms. The van der Waals surface area contributed by atoms with E-state index in [2.05, 4.69) is 51.1 Å². The normalized spacial score (nSPS) is 19.7. The SMILES string of the molecule is Cc1sc2ncnc(N3CCC(C(=O)N(Cc4cccs4)CC4CCCO4)CC3)c2c1C. The number of nitrogens with zero attached hydrogens (tertiary/aromatic N) is 4. The van der Waals surface area contributed by atoms with Crippen LogP contribution in [0.15, 0.2) is 23.8 Å². The van der Waals surface area contributed by atoms with E-state index in [0.717, 1.165) is 56.0 Å². The molecule has 0 radical (unpaired) electrons. The molecular formula is C24H30N4O2S2. The zero-order chi connectivity index (χ0) is 22.1. The summed E-state index contributed by atoms with van der Waals surface area (Å²) >= 11 is 3.45. The van der Waals surface area contributed by atoms with E-state index in [9.17, 15) is 4.79 Å². The van der Waals surface area contributed by atoms with Gasteiger partial charge < -0.3 is 14.5 Å². The van der Waals surface area contributed by atoms with Gasteiger partial charge in [-0.15, -0.1) is 22.7 Å². The molecule has 1 amide bonds. The molecule has 170 valence electrons. The van der Waals surface area contributed by atoms with Crippen molar-refractivity contribution in [2.75, 3.05) is 31.1 Å². The number of anilines is 1. The van der Waals surface area contributed by atoms with Gasteiger partial charge in [0.05, 0.1) is 18.0 Å². The number of fused-ring (bicyclic) bond motifs is 1. The molecule has 5 heterocycles. The molecule has 6 nitrogen and oxygen atoms in total. The quantitative estimate of drug-likeness (QED) is 0.518. The Morgan fingerprint density at radius 3 is 2.81 bits per heavy atom. The Kier molecular flexibility index (Phi) is 6.44. The van der Waals surface area contributed by atoms with E-state index in [-0.39, 0.29) is 17.9 Å². The molecule has 0 bridgehead atoms. The van der Waals surface area contributed by atoms with E-state index < -0.39 is 0 Å². The largest absolute Gasteiger partial charge is 0.376 e. The molecule has 5 rings (SSSR count). The lowest BCUT2D eigenvalue weighted by Crippen LogP contribution is -2.44. The molecule has 1 atom stereocenters. The predicted molar refractivity (Wildman–Crippen MR) is 131 cm³/mol. The van der Waals surface area contributed by atoms with Crippen LogP contribution >= 0.6 is 22.7 Å². The lowest BCUT2D eigenvalue weighted by atomic mass is 9.94. The number of aromatic nitrogens is 2. The summed E-state index contributed by atoms with van der Waals surface area (Å²) in [5.41, 5.74) is 1.28. The molecule has 0 N–H and O–H groups in total. The van der Waals surface area contributed by atoms with E-state index >= 15 is 0 Å². The van der Waals surface area contributed by atoms with Gasteiger partial charge in [0.1, 0.15) is 17.0 Å². The number of aryl methyl sites for hydroxylation is 2. The highest BCUT2D eigenvalue weighted by atomic mass is 32.1. The number of hydrogen-bond acceptors (Lipinski definition) is 7. The summed E-state index contributed by atoms with van der Waals surface area (Å²) in [6.45, 7) is 8.22. The molecule has 3 aromatic rings. The fourth-order valence-corrected chi connectivity index (χ4v) is 6.57. The summed E-state index contributed by atoms with van der Waals surface area (Å²) in [4.78, 5) is 30.7. The Morgan fingerprint density at radius 2 is 2.09 bits per heavy atom. The maximum absolute atomic E-state index is 13.6. The fourth-order valence-electron chi connectivity index (χ4n) is 4.86. The highest BCUT2D eigenvalue weighted by molar-refractivity contribution is 7.18. The average Bonchev–Trinajstić information content (AvgIpc) is 3.57. The van der Waals surface area contributed by atoms with Gasteiger partial charge in [-0.3, -0.25) is 4.79 Å². The molecule has 2 aliphatic rings. The first kappa shape index (κ1) is 21.8. The number of hydrogen-bond donors (Lipinski definition) is 0. The van der Waals surface area contributed by atoms with Crippen molar-refractivity contribution in [2.24, 2.45) is 5.92 Å². The van der Waals surface area contributed by atoms with Gasteiger partial charge in [0.25, 0.3) is 0 Å². The van der Waals surface area contributed by atoms with Gasteiger partial charge in [0.2, 0.25) is 5.91 Å².